The van der Waals surface area contributed by atoms with Crippen molar-refractivity contribution in [1.82, 2.24) is 20.0 Å². The molecule has 1 aromatic carbocycles. The Balaban J connectivity index is 1.49. The lowest BCUT2D eigenvalue weighted by Gasteiger charge is -2.32. The van der Waals surface area contributed by atoms with E-state index in [-0.39, 0.29) is 17.9 Å². The van der Waals surface area contributed by atoms with Crippen LogP contribution in [0.15, 0.2) is 30.3 Å². The second-order valence-electron chi connectivity index (χ2n) is 7.40. The third kappa shape index (κ3) is 4.71. The zero-order valence-electron chi connectivity index (χ0n) is 16.9. The van der Waals surface area contributed by atoms with Crippen molar-refractivity contribution >= 4 is 17.6 Å². The molecular weight excluding hydrogens is 354 g/mol. The number of aryl methyl sites for hydroxylation is 2. The second kappa shape index (κ2) is 8.91. The Morgan fingerprint density at radius 2 is 1.96 bits per heavy atom. The van der Waals surface area contributed by atoms with Gasteiger partial charge in [-0.3, -0.25) is 9.48 Å². The van der Waals surface area contributed by atoms with Crippen molar-refractivity contribution < 1.29 is 9.59 Å². The summed E-state index contributed by atoms with van der Waals surface area (Å²) < 4.78 is 1.87. The SMILES string of the molecule is Cc1nn(C)c(C)c1CCNC(=O)C1CCCN(C(=O)Nc2ccccc2)C1. The van der Waals surface area contributed by atoms with Gasteiger partial charge in [0.15, 0.2) is 0 Å². The van der Waals surface area contributed by atoms with Crippen LogP contribution >= 0.6 is 0 Å². The zero-order valence-corrected chi connectivity index (χ0v) is 16.9. The Labute approximate surface area is 166 Å². The normalized spacial score (nSPS) is 16.7. The number of nitrogens with zero attached hydrogens (tertiary/aromatic N) is 3. The summed E-state index contributed by atoms with van der Waals surface area (Å²) in [7, 11) is 1.93. The van der Waals surface area contributed by atoms with Gasteiger partial charge in [-0.25, -0.2) is 4.79 Å². The van der Waals surface area contributed by atoms with E-state index in [0.717, 1.165) is 36.3 Å². The van der Waals surface area contributed by atoms with Crippen LogP contribution in [0.5, 0.6) is 0 Å². The standard InChI is InChI=1S/C21H29N5O2/c1-15-19(16(2)25(3)24-15)11-12-22-20(27)17-8-7-13-26(14-17)21(28)23-18-9-5-4-6-10-18/h4-6,9-10,17H,7-8,11-14H2,1-3H3,(H,22,27)(H,23,28). The van der Waals surface area contributed by atoms with E-state index in [1.54, 1.807) is 4.90 Å². The van der Waals surface area contributed by atoms with Crippen molar-refractivity contribution in [1.29, 1.82) is 0 Å². The second-order valence-corrected chi connectivity index (χ2v) is 7.40. The summed E-state index contributed by atoms with van der Waals surface area (Å²) >= 11 is 0. The van der Waals surface area contributed by atoms with E-state index in [4.69, 9.17) is 0 Å². The van der Waals surface area contributed by atoms with Gasteiger partial charge < -0.3 is 15.5 Å². The van der Waals surface area contributed by atoms with Crippen LogP contribution in [0.2, 0.25) is 0 Å². The molecule has 28 heavy (non-hydrogen) atoms. The van der Waals surface area contributed by atoms with Gasteiger partial charge in [-0.1, -0.05) is 18.2 Å². The molecule has 2 N–H and O–H groups in total. The number of amides is 3. The first-order chi connectivity index (χ1) is 13.5. The predicted molar refractivity (Wildman–Crippen MR) is 109 cm³/mol. The third-order valence-electron chi connectivity index (χ3n) is 5.44. The summed E-state index contributed by atoms with van der Waals surface area (Å²) in [5.74, 6) is -0.136. The quantitative estimate of drug-likeness (QED) is 0.833. The summed E-state index contributed by atoms with van der Waals surface area (Å²) in [6, 6.07) is 9.24. The molecule has 1 atom stereocenters. The molecule has 0 saturated carbocycles. The zero-order chi connectivity index (χ0) is 20.1. The maximum absolute atomic E-state index is 12.6. The van der Waals surface area contributed by atoms with Crippen LogP contribution in [0.4, 0.5) is 10.5 Å². The summed E-state index contributed by atoms with van der Waals surface area (Å²) in [5.41, 5.74) is 4.10. The van der Waals surface area contributed by atoms with Crippen LogP contribution < -0.4 is 10.6 Å². The first-order valence-corrected chi connectivity index (χ1v) is 9.83. The van der Waals surface area contributed by atoms with Crippen LogP contribution in [-0.4, -0.2) is 46.3 Å². The minimum Gasteiger partial charge on any atom is -0.355 e. The highest BCUT2D eigenvalue weighted by Gasteiger charge is 2.28. The van der Waals surface area contributed by atoms with Gasteiger partial charge in [0, 0.05) is 38.1 Å². The maximum atomic E-state index is 12.6. The van der Waals surface area contributed by atoms with Gasteiger partial charge in [-0.2, -0.15) is 5.10 Å². The Kier molecular flexibility index (Phi) is 6.34. The summed E-state index contributed by atoms with van der Waals surface area (Å²) in [6.45, 7) is 5.75. The number of benzene rings is 1. The van der Waals surface area contributed by atoms with Gasteiger partial charge in [0.05, 0.1) is 11.6 Å². The van der Waals surface area contributed by atoms with Crippen molar-refractivity contribution in [2.45, 2.75) is 33.1 Å². The molecule has 7 heteroatoms. The molecule has 0 spiro atoms. The van der Waals surface area contributed by atoms with E-state index >= 15 is 0 Å². The highest BCUT2D eigenvalue weighted by atomic mass is 16.2. The molecular formula is C21H29N5O2. The minimum atomic E-state index is -0.161. The number of aromatic nitrogens is 2. The average Bonchev–Trinajstić information content (AvgIpc) is 2.94. The molecule has 1 aliphatic heterocycles. The molecule has 0 aliphatic carbocycles. The van der Waals surface area contributed by atoms with Crippen LogP contribution in [-0.2, 0) is 18.3 Å². The predicted octanol–water partition coefficient (Wildman–Crippen LogP) is 2.64. The number of carbonyl (C=O) groups excluding carboxylic acids is 2. The van der Waals surface area contributed by atoms with Crippen molar-refractivity contribution in [2.24, 2.45) is 13.0 Å². The lowest BCUT2D eigenvalue weighted by molar-refractivity contribution is -0.126. The van der Waals surface area contributed by atoms with Crippen molar-refractivity contribution in [3.05, 3.63) is 47.3 Å². The van der Waals surface area contributed by atoms with E-state index in [0.29, 0.717) is 19.6 Å². The smallest absolute Gasteiger partial charge is 0.321 e. The number of likely N-dealkylation sites (tertiary alicyclic amines) is 1. The van der Waals surface area contributed by atoms with Gasteiger partial charge in [-0.05, 0) is 50.8 Å². The Morgan fingerprint density at radius 3 is 2.64 bits per heavy atom. The van der Waals surface area contributed by atoms with E-state index in [2.05, 4.69) is 15.7 Å². The number of nitrogens with one attached hydrogen (secondary N) is 2. The first kappa shape index (κ1) is 19.9. The Hall–Kier alpha value is -2.83. The molecule has 2 heterocycles. The molecule has 7 nitrogen and oxygen atoms in total. The van der Waals surface area contributed by atoms with Crippen molar-refractivity contribution in [3.63, 3.8) is 0 Å². The highest BCUT2D eigenvalue weighted by molar-refractivity contribution is 5.90. The fourth-order valence-electron chi connectivity index (χ4n) is 3.73. The van der Waals surface area contributed by atoms with Gasteiger partial charge >= 0.3 is 6.03 Å². The van der Waals surface area contributed by atoms with Crippen LogP contribution in [0.1, 0.15) is 29.8 Å². The molecule has 2 aromatic rings. The van der Waals surface area contributed by atoms with Crippen molar-refractivity contribution in [2.75, 3.05) is 25.0 Å². The number of hydrogen-bond donors (Lipinski definition) is 2. The number of hydrogen-bond acceptors (Lipinski definition) is 3. The topological polar surface area (TPSA) is 79.3 Å². The minimum absolute atomic E-state index is 0.0245. The lowest BCUT2D eigenvalue weighted by atomic mass is 9.97. The lowest BCUT2D eigenvalue weighted by Crippen LogP contribution is -2.47. The molecule has 1 fully saturated rings. The Morgan fingerprint density at radius 1 is 1.21 bits per heavy atom. The number of para-hydroxylation sites is 1. The van der Waals surface area contributed by atoms with Crippen LogP contribution in [0.25, 0.3) is 0 Å². The molecule has 150 valence electrons. The fraction of sp³-hybridized carbons (Fsp3) is 0.476. The molecule has 1 saturated heterocycles. The maximum Gasteiger partial charge on any atom is 0.321 e. The number of piperidine rings is 1. The number of anilines is 1. The molecule has 3 amide bonds. The summed E-state index contributed by atoms with van der Waals surface area (Å²) in [4.78, 5) is 26.8. The number of carbonyl (C=O) groups is 2. The third-order valence-corrected chi connectivity index (χ3v) is 5.44. The first-order valence-electron chi connectivity index (χ1n) is 9.83. The summed E-state index contributed by atoms with van der Waals surface area (Å²) in [5, 5.41) is 10.4. The van der Waals surface area contributed by atoms with Crippen molar-refractivity contribution in [3.8, 4) is 0 Å². The van der Waals surface area contributed by atoms with Gasteiger partial charge in [0.2, 0.25) is 5.91 Å². The van der Waals surface area contributed by atoms with Gasteiger partial charge in [0.1, 0.15) is 0 Å². The largest absolute Gasteiger partial charge is 0.355 e. The number of rotatable bonds is 5. The molecule has 1 unspecified atom stereocenters. The van der Waals surface area contributed by atoms with E-state index in [1.807, 2.05) is 55.9 Å². The summed E-state index contributed by atoms with van der Waals surface area (Å²) in [6.07, 6.45) is 2.41. The molecule has 0 radical (unpaired) electrons. The van der Waals surface area contributed by atoms with E-state index in [9.17, 15) is 9.59 Å². The van der Waals surface area contributed by atoms with Crippen LogP contribution in [0, 0.1) is 19.8 Å². The monoisotopic (exact) mass is 383 g/mol. The van der Waals surface area contributed by atoms with E-state index in [1.165, 1.54) is 5.56 Å². The fourth-order valence-corrected chi connectivity index (χ4v) is 3.73. The van der Waals surface area contributed by atoms with Gasteiger partial charge in [-0.15, -0.1) is 0 Å². The Bertz CT molecular complexity index is 831. The van der Waals surface area contributed by atoms with Crippen LogP contribution in [0.3, 0.4) is 0 Å². The highest BCUT2D eigenvalue weighted by Crippen LogP contribution is 2.18. The average molecular weight is 383 g/mol. The molecule has 3 rings (SSSR count). The molecule has 1 aromatic heterocycles. The van der Waals surface area contributed by atoms with Gasteiger partial charge in [0.25, 0.3) is 0 Å². The number of urea groups is 1. The van der Waals surface area contributed by atoms with E-state index < -0.39 is 0 Å². The molecule has 0 bridgehead atoms. The molecule has 1 aliphatic rings.